The number of carbonyl (C=O) groups excluding carboxylic acids is 1. The molecule has 2 unspecified atom stereocenters. The van der Waals surface area contributed by atoms with E-state index in [0.717, 1.165) is 6.42 Å². The summed E-state index contributed by atoms with van der Waals surface area (Å²) in [4.78, 5) is 10.9. The van der Waals surface area contributed by atoms with Crippen LogP contribution in [0.15, 0.2) is 0 Å². The van der Waals surface area contributed by atoms with Crippen molar-refractivity contribution >= 4 is 16.8 Å². The Balaban J connectivity index is 3.70. The molecular formula is C9H18O4S. The highest BCUT2D eigenvalue weighted by Crippen LogP contribution is 2.04. The molecule has 5 heteroatoms. The number of hydrogen-bond donors (Lipinski definition) is 0. The third-order valence-corrected chi connectivity index (χ3v) is 3.58. The van der Waals surface area contributed by atoms with Gasteiger partial charge in [0.25, 0.3) is 0 Å². The van der Waals surface area contributed by atoms with E-state index >= 15 is 0 Å². The molecule has 0 saturated heterocycles. The lowest BCUT2D eigenvalue weighted by atomic mass is 10.3. The summed E-state index contributed by atoms with van der Waals surface area (Å²) in [7, 11) is 1.98. The fourth-order valence-electron chi connectivity index (χ4n) is 0.958. The van der Waals surface area contributed by atoms with E-state index < -0.39 is 10.8 Å². The second-order valence-corrected chi connectivity index (χ2v) is 5.00. The highest BCUT2D eigenvalue weighted by atomic mass is 32.2. The van der Waals surface area contributed by atoms with E-state index in [1.807, 2.05) is 0 Å². The fraction of sp³-hybridized carbons (Fsp3) is 0.889. The smallest absolute Gasteiger partial charge is 0.306 e. The average molecular weight is 222 g/mol. The second-order valence-electron chi connectivity index (χ2n) is 3.02. The van der Waals surface area contributed by atoms with Gasteiger partial charge in [-0.1, -0.05) is 6.92 Å². The highest BCUT2D eigenvalue weighted by Gasteiger charge is 2.15. The first-order chi connectivity index (χ1) is 6.61. The van der Waals surface area contributed by atoms with Gasteiger partial charge in [0.1, 0.15) is 0 Å². The zero-order chi connectivity index (χ0) is 11.0. The van der Waals surface area contributed by atoms with Gasteiger partial charge in [-0.25, -0.2) is 0 Å². The van der Waals surface area contributed by atoms with Crippen LogP contribution < -0.4 is 0 Å². The molecule has 0 rings (SSSR count). The number of esters is 1. The molecule has 2 atom stereocenters. The Hall–Kier alpha value is -0.420. The van der Waals surface area contributed by atoms with Crippen LogP contribution >= 0.6 is 0 Å². The summed E-state index contributed by atoms with van der Waals surface area (Å²) in [5, 5.41) is -0.140. The van der Waals surface area contributed by atoms with E-state index in [0.29, 0.717) is 12.4 Å². The Kier molecular flexibility index (Phi) is 7.70. The third-order valence-electron chi connectivity index (χ3n) is 1.82. The molecule has 0 bridgehead atoms. The molecule has 0 aromatic heterocycles. The van der Waals surface area contributed by atoms with Gasteiger partial charge in [0.15, 0.2) is 0 Å². The van der Waals surface area contributed by atoms with Gasteiger partial charge in [-0.05, 0) is 6.42 Å². The zero-order valence-electron chi connectivity index (χ0n) is 8.95. The zero-order valence-corrected chi connectivity index (χ0v) is 9.76. The van der Waals surface area contributed by atoms with E-state index in [1.54, 1.807) is 14.0 Å². The number of carbonyl (C=O) groups is 1. The first-order valence-electron chi connectivity index (χ1n) is 4.54. The molecule has 0 spiro atoms. The van der Waals surface area contributed by atoms with Gasteiger partial charge >= 0.3 is 5.97 Å². The van der Waals surface area contributed by atoms with Crippen molar-refractivity contribution in [2.24, 2.45) is 0 Å². The molecule has 84 valence electrons. The van der Waals surface area contributed by atoms with E-state index in [4.69, 9.17) is 4.74 Å². The third kappa shape index (κ3) is 6.10. The lowest BCUT2D eigenvalue weighted by molar-refractivity contribution is -0.140. The van der Waals surface area contributed by atoms with E-state index in [-0.39, 0.29) is 17.6 Å². The highest BCUT2D eigenvalue weighted by molar-refractivity contribution is 7.85. The molecule has 0 saturated carbocycles. The molecule has 0 aromatic rings. The monoisotopic (exact) mass is 222 g/mol. The number of methoxy groups -OCH3 is 2. The normalized spacial score (nSPS) is 14.8. The predicted molar refractivity (Wildman–Crippen MR) is 55.6 cm³/mol. The van der Waals surface area contributed by atoms with E-state index in [2.05, 4.69) is 4.74 Å². The van der Waals surface area contributed by atoms with Crippen LogP contribution in [0.1, 0.15) is 19.8 Å². The lowest BCUT2D eigenvalue weighted by Gasteiger charge is -2.09. The summed E-state index contributed by atoms with van der Waals surface area (Å²) < 4.78 is 20.9. The van der Waals surface area contributed by atoms with Gasteiger partial charge in [0, 0.05) is 35.5 Å². The fourth-order valence-corrected chi connectivity index (χ4v) is 2.08. The Bertz CT molecular complexity index is 193. The van der Waals surface area contributed by atoms with Crippen molar-refractivity contribution in [1.29, 1.82) is 0 Å². The van der Waals surface area contributed by atoms with Gasteiger partial charge in [-0.2, -0.15) is 0 Å². The first kappa shape index (κ1) is 13.6. The molecule has 4 nitrogen and oxygen atoms in total. The van der Waals surface area contributed by atoms with E-state index in [1.165, 1.54) is 7.11 Å². The first-order valence-corrected chi connectivity index (χ1v) is 5.93. The maximum Gasteiger partial charge on any atom is 0.306 e. The molecule has 0 fully saturated rings. The van der Waals surface area contributed by atoms with E-state index in [9.17, 15) is 9.00 Å². The Morgan fingerprint density at radius 1 is 1.43 bits per heavy atom. The van der Waals surface area contributed by atoms with Gasteiger partial charge in [-0.15, -0.1) is 0 Å². The molecule has 0 radical (unpaired) electrons. The van der Waals surface area contributed by atoms with Crippen molar-refractivity contribution in [3.63, 3.8) is 0 Å². The molecule has 0 amide bonds. The Morgan fingerprint density at radius 3 is 2.57 bits per heavy atom. The summed E-state index contributed by atoms with van der Waals surface area (Å²) in [5.74, 6) is 0.268. The van der Waals surface area contributed by atoms with Crippen LogP contribution in [0.4, 0.5) is 0 Å². The summed E-state index contributed by atoms with van der Waals surface area (Å²) in [6.45, 7) is 2.40. The summed E-state index contributed by atoms with van der Waals surface area (Å²) >= 11 is 0. The summed E-state index contributed by atoms with van der Waals surface area (Å²) in [6, 6.07) is 0. The summed E-state index contributed by atoms with van der Waals surface area (Å²) in [5.41, 5.74) is 0. The average Bonchev–Trinajstić information content (AvgIpc) is 2.17. The van der Waals surface area contributed by atoms with Gasteiger partial charge < -0.3 is 9.47 Å². The molecule has 0 N–H and O–H groups in total. The Labute approximate surface area is 87.4 Å². The van der Waals surface area contributed by atoms with Crippen LogP contribution in [0, 0.1) is 0 Å². The molecular weight excluding hydrogens is 204 g/mol. The van der Waals surface area contributed by atoms with Crippen molar-refractivity contribution < 1.29 is 18.5 Å². The van der Waals surface area contributed by atoms with Crippen molar-refractivity contribution in [3.8, 4) is 0 Å². The molecule has 0 aliphatic rings. The molecule has 0 heterocycles. The second kappa shape index (κ2) is 7.94. The molecule has 14 heavy (non-hydrogen) atoms. The predicted octanol–water partition coefficient (Wildman–Crippen LogP) is 0.723. The van der Waals surface area contributed by atoms with Crippen LogP contribution in [0.5, 0.6) is 0 Å². The van der Waals surface area contributed by atoms with Crippen LogP contribution in [0.3, 0.4) is 0 Å². The minimum Gasteiger partial charge on any atom is -0.469 e. The number of ether oxygens (including phenoxy) is 2. The van der Waals surface area contributed by atoms with Crippen LogP contribution in [0.25, 0.3) is 0 Å². The Morgan fingerprint density at radius 2 is 2.07 bits per heavy atom. The molecule has 0 aliphatic carbocycles. The summed E-state index contributed by atoms with van der Waals surface area (Å²) in [6.07, 6.45) is 0.977. The van der Waals surface area contributed by atoms with Crippen molar-refractivity contribution in [2.45, 2.75) is 25.0 Å². The number of rotatable bonds is 7. The minimum atomic E-state index is -0.969. The van der Waals surface area contributed by atoms with Gasteiger partial charge in [0.05, 0.1) is 13.5 Å². The van der Waals surface area contributed by atoms with Crippen molar-refractivity contribution in [3.05, 3.63) is 0 Å². The lowest BCUT2D eigenvalue weighted by Crippen LogP contribution is -2.19. The number of hydrogen-bond acceptors (Lipinski definition) is 4. The minimum absolute atomic E-state index is 0.140. The van der Waals surface area contributed by atoms with Crippen molar-refractivity contribution in [2.75, 3.05) is 26.6 Å². The quantitative estimate of drug-likeness (QED) is 0.470. The molecule has 0 aliphatic heterocycles. The van der Waals surface area contributed by atoms with Crippen LogP contribution in [-0.4, -0.2) is 42.0 Å². The maximum absolute atomic E-state index is 11.5. The SMILES string of the molecule is COCCCS(=O)C(C)CC(=O)OC. The standard InChI is InChI=1S/C9H18O4S/c1-8(7-9(10)13-3)14(11)6-4-5-12-2/h8H,4-7H2,1-3H3. The maximum atomic E-state index is 11.5. The van der Waals surface area contributed by atoms with Gasteiger partial charge in [-0.3, -0.25) is 9.00 Å². The molecule has 0 aromatic carbocycles. The largest absolute Gasteiger partial charge is 0.469 e. The van der Waals surface area contributed by atoms with Crippen LogP contribution in [-0.2, 0) is 25.1 Å². The van der Waals surface area contributed by atoms with Crippen molar-refractivity contribution in [1.82, 2.24) is 0 Å². The van der Waals surface area contributed by atoms with Gasteiger partial charge in [0.2, 0.25) is 0 Å². The topological polar surface area (TPSA) is 52.6 Å². The van der Waals surface area contributed by atoms with Crippen LogP contribution in [0.2, 0.25) is 0 Å².